The van der Waals surface area contributed by atoms with Crippen LogP contribution in [0.1, 0.15) is 0 Å². The van der Waals surface area contributed by atoms with E-state index in [0.29, 0.717) is 21.5 Å². The average molecular weight is 469 g/mol. The van der Waals surface area contributed by atoms with Crippen LogP contribution in [0.15, 0.2) is 71.6 Å². The number of amides is 1. The van der Waals surface area contributed by atoms with Crippen molar-refractivity contribution in [3.05, 3.63) is 82.6 Å². The summed E-state index contributed by atoms with van der Waals surface area (Å²) in [6.45, 7) is -0.303. The lowest BCUT2D eigenvalue weighted by molar-refractivity contribution is -0.118. The van der Waals surface area contributed by atoms with Gasteiger partial charge in [-0.2, -0.15) is 0 Å². The molecule has 0 unspecified atom stereocenters. The summed E-state index contributed by atoms with van der Waals surface area (Å²) in [5, 5.41) is 3.14. The Morgan fingerprint density at radius 1 is 0.900 bits per heavy atom. The molecular formula is C20H15Cl2FN2O4S. The molecule has 10 heteroatoms. The maximum Gasteiger partial charge on any atom is 0.262 e. The number of ether oxygens (including phenoxy) is 1. The summed E-state index contributed by atoms with van der Waals surface area (Å²) in [6.07, 6.45) is 0. The van der Waals surface area contributed by atoms with Crippen molar-refractivity contribution in [2.75, 3.05) is 16.6 Å². The molecule has 0 aromatic heterocycles. The minimum absolute atomic E-state index is 0.0123. The van der Waals surface area contributed by atoms with Crippen LogP contribution in [0.3, 0.4) is 0 Å². The molecule has 0 aliphatic carbocycles. The summed E-state index contributed by atoms with van der Waals surface area (Å²) in [4.78, 5) is 11.9. The van der Waals surface area contributed by atoms with Crippen LogP contribution in [0.4, 0.5) is 15.8 Å². The number of sulfonamides is 1. The van der Waals surface area contributed by atoms with Gasteiger partial charge < -0.3 is 10.1 Å². The maximum atomic E-state index is 12.9. The minimum atomic E-state index is -3.87. The molecule has 3 aromatic carbocycles. The van der Waals surface area contributed by atoms with E-state index in [2.05, 4.69) is 10.0 Å². The second-order valence-electron chi connectivity index (χ2n) is 6.08. The summed E-state index contributed by atoms with van der Waals surface area (Å²) < 4.78 is 45.6. The normalized spacial score (nSPS) is 11.0. The molecular weight excluding hydrogens is 454 g/mol. The lowest BCUT2D eigenvalue weighted by Gasteiger charge is -2.10. The Bertz CT molecular complexity index is 1130. The van der Waals surface area contributed by atoms with Gasteiger partial charge in [-0.15, -0.1) is 0 Å². The van der Waals surface area contributed by atoms with Gasteiger partial charge in [0, 0.05) is 15.7 Å². The summed E-state index contributed by atoms with van der Waals surface area (Å²) in [6, 6.07) is 15.2. The van der Waals surface area contributed by atoms with Crippen molar-refractivity contribution in [1.82, 2.24) is 0 Å². The van der Waals surface area contributed by atoms with E-state index in [9.17, 15) is 17.6 Å². The smallest absolute Gasteiger partial charge is 0.262 e. The molecule has 0 fully saturated rings. The molecule has 0 aliphatic heterocycles. The van der Waals surface area contributed by atoms with E-state index in [4.69, 9.17) is 27.9 Å². The molecule has 1 amide bonds. The number of hydrogen-bond acceptors (Lipinski definition) is 4. The van der Waals surface area contributed by atoms with Crippen LogP contribution in [0.5, 0.6) is 5.75 Å². The van der Waals surface area contributed by atoms with Gasteiger partial charge in [0.1, 0.15) is 11.6 Å². The number of rotatable bonds is 7. The fourth-order valence-electron chi connectivity index (χ4n) is 2.42. The summed E-state index contributed by atoms with van der Waals surface area (Å²) >= 11 is 11.8. The van der Waals surface area contributed by atoms with E-state index >= 15 is 0 Å². The van der Waals surface area contributed by atoms with Crippen LogP contribution < -0.4 is 14.8 Å². The largest absolute Gasteiger partial charge is 0.484 e. The van der Waals surface area contributed by atoms with Crippen LogP contribution >= 0.6 is 23.2 Å². The van der Waals surface area contributed by atoms with E-state index in [1.807, 2.05) is 0 Å². The predicted molar refractivity (Wildman–Crippen MR) is 114 cm³/mol. The van der Waals surface area contributed by atoms with Gasteiger partial charge in [-0.05, 0) is 66.7 Å². The first kappa shape index (κ1) is 21.9. The Labute approximate surface area is 182 Å². The SMILES string of the molecule is O=C(COc1ccc(S(=O)(=O)Nc2cc(Cl)cc(Cl)c2)cc1)Nc1ccc(F)cc1. The van der Waals surface area contributed by atoms with E-state index in [-0.39, 0.29) is 17.2 Å². The molecule has 0 radical (unpaired) electrons. The van der Waals surface area contributed by atoms with Crippen molar-refractivity contribution in [2.24, 2.45) is 0 Å². The molecule has 3 aromatic rings. The van der Waals surface area contributed by atoms with Gasteiger partial charge in [0.05, 0.1) is 10.6 Å². The summed E-state index contributed by atoms with van der Waals surface area (Å²) in [5.41, 5.74) is 0.656. The lowest BCUT2D eigenvalue weighted by Crippen LogP contribution is -2.20. The van der Waals surface area contributed by atoms with Gasteiger partial charge in [-0.1, -0.05) is 23.2 Å². The highest BCUT2D eigenvalue weighted by molar-refractivity contribution is 7.92. The first-order valence-corrected chi connectivity index (χ1v) is 10.7. The van der Waals surface area contributed by atoms with Crippen LogP contribution in [-0.4, -0.2) is 20.9 Å². The quantitative estimate of drug-likeness (QED) is 0.513. The van der Waals surface area contributed by atoms with Crippen molar-refractivity contribution in [3.63, 3.8) is 0 Å². The van der Waals surface area contributed by atoms with Crippen molar-refractivity contribution in [3.8, 4) is 5.75 Å². The maximum absolute atomic E-state index is 12.9. The Morgan fingerprint density at radius 2 is 1.50 bits per heavy atom. The molecule has 0 saturated heterocycles. The molecule has 2 N–H and O–H groups in total. The topological polar surface area (TPSA) is 84.5 Å². The van der Waals surface area contributed by atoms with Gasteiger partial charge in [0.25, 0.3) is 15.9 Å². The van der Waals surface area contributed by atoms with Crippen LogP contribution in [0, 0.1) is 5.82 Å². The Balaban J connectivity index is 1.59. The molecule has 0 aliphatic rings. The van der Waals surface area contributed by atoms with E-state index in [1.165, 1.54) is 66.7 Å². The number of hydrogen-bond donors (Lipinski definition) is 2. The monoisotopic (exact) mass is 468 g/mol. The molecule has 0 bridgehead atoms. The molecule has 6 nitrogen and oxygen atoms in total. The minimum Gasteiger partial charge on any atom is -0.484 e. The molecule has 3 rings (SSSR count). The zero-order chi connectivity index (χ0) is 21.7. The predicted octanol–water partition coefficient (Wildman–Crippen LogP) is 4.95. The van der Waals surface area contributed by atoms with Crippen LogP contribution in [0.25, 0.3) is 0 Å². The van der Waals surface area contributed by atoms with Crippen molar-refractivity contribution < 1.29 is 22.3 Å². The Hall–Kier alpha value is -2.81. The van der Waals surface area contributed by atoms with Gasteiger partial charge in [0.15, 0.2) is 6.61 Å². The summed E-state index contributed by atoms with van der Waals surface area (Å²) in [5.74, 6) is -0.556. The number of carbonyl (C=O) groups is 1. The molecule has 0 heterocycles. The summed E-state index contributed by atoms with van der Waals surface area (Å²) in [7, 11) is -3.87. The van der Waals surface area contributed by atoms with Crippen molar-refractivity contribution in [2.45, 2.75) is 4.90 Å². The number of carbonyl (C=O) groups excluding carboxylic acids is 1. The van der Waals surface area contributed by atoms with Crippen LogP contribution in [-0.2, 0) is 14.8 Å². The standard InChI is InChI=1S/C20H15Cl2FN2O4S/c21-13-9-14(22)11-17(10-13)25-30(27,28)19-7-5-18(6-8-19)29-12-20(26)24-16-3-1-15(23)2-4-16/h1-11,25H,12H2,(H,24,26). The fraction of sp³-hybridized carbons (Fsp3) is 0.0500. The number of halogens is 3. The molecule has 0 spiro atoms. The van der Waals surface area contributed by atoms with Crippen molar-refractivity contribution >= 4 is 50.5 Å². The second kappa shape index (κ2) is 9.34. The fourth-order valence-corrected chi connectivity index (χ4v) is 3.99. The molecule has 30 heavy (non-hydrogen) atoms. The zero-order valence-corrected chi connectivity index (χ0v) is 17.6. The number of benzene rings is 3. The van der Waals surface area contributed by atoms with E-state index < -0.39 is 21.7 Å². The van der Waals surface area contributed by atoms with E-state index in [1.54, 1.807) is 0 Å². The third-order valence-electron chi connectivity index (χ3n) is 3.75. The van der Waals surface area contributed by atoms with Crippen molar-refractivity contribution in [1.29, 1.82) is 0 Å². The zero-order valence-electron chi connectivity index (χ0n) is 15.2. The Kier molecular flexibility index (Phi) is 6.81. The second-order valence-corrected chi connectivity index (χ2v) is 8.63. The first-order chi connectivity index (χ1) is 14.2. The highest BCUT2D eigenvalue weighted by Gasteiger charge is 2.15. The van der Waals surface area contributed by atoms with Crippen LogP contribution in [0.2, 0.25) is 10.0 Å². The highest BCUT2D eigenvalue weighted by Crippen LogP contribution is 2.25. The number of nitrogens with one attached hydrogen (secondary N) is 2. The third kappa shape index (κ3) is 6.09. The lowest BCUT2D eigenvalue weighted by atomic mass is 10.3. The van der Waals surface area contributed by atoms with Gasteiger partial charge >= 0.3 is 0 Å². The first-order valence-electron chi connectivity index (χ1n) is 8.48. The van der Waals surface area contributed by atoms with E-state index in [0.717, 1.165) is 0 Å². The highest BCUT2D eigenvalue weighted by atomic mass is 35.5. The molecule has 156 valence electrons. The Morgan fingerprint density at radius 3 is 2.10 bits per heavy atom. The van der Waals surface area contributed by atoms with Gasteiger partial charge in [-0.25, -0.2) is 12.8 Å². The average Bonchev–Trinajstić information content (AvgIpc) is 2.67. The van der Waals surface area contributed by atoms with Gasteiger partial charge in [-0.3, -0.25) is 9.52 Å². The third-order valence-corrected chi connectivity index (χ3v) is 5.58. The molecule has 0 saturated carbocycles. The van der Waals surface area contributed by atoms with Gasteiger partial charge in [0.2, 0.25) is 0 Å². The molecule has 0 atom stereocenters. The number of anilines is 2.